The fourth-order valence-corrected chi connectivity index (χ4v) is 4.28. The molecule has 1 saturated heterocycles. The number of piperazine rings is 1. The smallest absolute Gasteiger partial charge is 0.135 e. The van der Waals surface area contributed by atoms with Crippen LogP contribution in [0.1, 0.15) is 5.56 Å². The first-order chi connectivity index (χ1) is 14.2. The first kappa shape index (κ1) is 18.4. The molecule has 0 unspecified atom stereocenters. The van der Waals surface area contributed by atoms with Gasteiger partial charge in [0.15, 0.2) is 0 Å². The molecule has 0 spiro atoms. The first-order valence-electron chi connectivity index (χ1n) is 9.84. The van der Waals surface area contributed by atoms with E-state index in [0.29, 0.717) is 5.02 Å². The van der Waals surface area contributed by atoms with Crippen molar-refractivity contribution in [1.29, 1.82) is 0 Å². The van der Waals surface area contributed by atoms with Gasteiger partial charge in [-0.1, -0.05) is 17.7 Å². The molecule has 4 nitrogen and oxygen atoms in total. The van der Waals surface area contributed by atoms with Crippen molar-refractivity contribution in [3.05, 3.63) is 71.3 Å². The summed E-state index contributed by atoms with van der Waals surface area (Å²) in [4.78, 5) is 9.16. The number of aromatic nitrogens is 1. The number of pyridine rings is 1. The molecule has 2 aromatic heterocycles. The lowest BCUT2D eigenvalue weighted by Gasteiger charge is -2.36. The second kappa shape index (κ2) is 7.65. The average molecular weight is 410 g/mol. The average Bonchev–Trinajstić information content (AvgIpc) is 3.14. The van der Waals surface area contributed by atoms with Crippen molar-refractivity contribution >= 4 is 39.2 Å². The highest BCUT2D eigenvalue weighted by Gasteiger charge is 2.20. The lowest BCUT2D eigenvalue weighted by Crippen LogP contribution is -2.47. The Kier molecular flexibility index (Phi) is 4.86. The van der Waals surface area contributed by atoms with Gasteiger partial charge in [0.1, 0.15) is 11.4 Å². The van der Waals surface area contributed by atoms with Crippen LogP contribution in [0.3, 0.4) is 0 Å². The molecule has 1 aliphatic heterocycles. The molecule has 4 aromatic rings. The number of halogens is 2. The van der Waals surface area contributed by atoms with Gasteiger partial charge in [-0.2, -0.15) is 0 Å². The van der Waals surface area contributed by atoms with Crippen LogP contribution in [0, 0.1) is 5.82 Å². The maximum Gasteiger partial charge on any atom is 0.135 e. The highest BCUT2D eigenvalue weighted by Crippen LogP contribution is 2.28. The van der Waals surface area contributed by atoms with Crippen LogP contribution in [0.2, 0.25) is 5.02 Å². The van der Waals surface area contributed by atoms with Gasteiger partial charge in [-0.05, 0) is 48.4 Å². The number of nitrogens with zero attached hydrogens (tertiary/aromatic N) is 3. The van der Waals surface area contributed by atoms with E-state index in [9.17, 15) is 4.39 Å². The number of rotatable bonds is 4. The molecule has 5 rings (SSSR count). The third kappa shape index (κ3) is 3.68. The van der Waals surface area contributed by atoms with Crippen molar-refractivity contribution in [2.24, 2.45) is 0 Å². The zero-order valence-electron chi connectivity index (χ0n) is 15.9. The van der Waals surface area contributed by atoms with Crippen LogP contribution in [-0.4, -0.2) is 42.6 Å². The second-order valence-corrected chi connectivity index (χ2v) is 7.92. The van der Waals surface area contributed by atoms with Gasteiger partial charge in [-0.3, -0.25) is 9.88 Å². The molecule has 0 bridgehead atoms. The molecule has 0 atom stereocenters. The summed E-state index contributed by atoms with van der Waals surface area (Å²) in [7, 11) is 0. The minimum Gasteiger partial charge on any atom is -0.464 e. The number of anilines is 1. The van der Waals surface area contributed by atoms with Gasteiger partial charge in [-0.25, -0.2) is 4.39 Å². The van der Waals surface area contributed by atoms with Crippen molar-refractivity contribution in [2.75, 3.05) is 37.6 Å². The highest BCUT2D eigenvalue weighted by atomic mass is 35.5. The van der Waals surface area contributed by atoms with Gasteiger partial charge in [0.05, 0.1) is 17.5 Å². The van der Waals surface area contributed by atoms with E-state index in [1.54, 1.807) is 18.3 Å². The molecule has 0 radical (unpaired) electrons. The maximum atomic E-state index is 14.1. The number of hydrogen-bond donors (Lipinski definition) is 0. The van der Waals surface area contributed by atoms with E-state index < -0.39 is 0 Å². The van der Waals surface area contributed by atoms with Crippen molar-refractivity contribution in [2.45, 2.75) is 6.42 Å². The van der Waals surface area contributed by atoms with Crippen LogP contribution in [0.15, 0.2) is 59.3 Å². The molecule has 2 aromatic carbocycles. The number of fused-ring (bicyclic) bond motifs is 2. The van der Waals surface area contributed by atoms with Crippen LogP contribution in [0.25, 0.3) is 21.9 Å². The molecule has 6 heteroatoms. The van der Waals surface area contributed by atoms with Crippen molar-refractivity contribution < 1.29 is 8.81 Å². The van der Waals surface area contributed by atoms with Gasteiger partial charge in [0.25, 0.3) is 0 Å². The minimum atomic E-state index is -0.213. The molecule has 1 fully saturated rings. The third-order valence-electron chi connectivity index (χ3n) is 5.68. The van der Waals surface area contributed by atoms with E-state index in [-0.39, 0.29) is 5.82 Å². The van der Waals surface area contributed by atoms with Crippen LogP contribution in [0.4, 0.5) is 10.1 Å². The van der Waals surface area contributed by atoms with Gasteiger partial charge in [0, 0.05) is 54.7 Å². The summed E-state index contributed by atoms with van der Waals surface area (Å²) in [5.74, 6) is -0.213. The Morgan fingerprint density at radius 2 is 1.93 bits per heavy atom. The van der Waals surface area contributed by atoms with Crippen LogP contribution in [0.5, 0.6) is 0 Å². The van der Waals surface area contributed by atoms with Gasteiger partial charge in [-0.15, -0.1) is 0 Å². The van der Waals surface area contributed by atoms with Crippen LogP contribution < -0.4 is 4.90 Å². The predicted octanol–water partition coefficient (Wildman–Crippen LogP) is 5.14. The summed E-state index contributed by atoms with van der Waals surface area (Å²) in [5.41, 5.74) is 3.80. The summed E-state index contributed by atoms with van der Waals surface area (Å²) in [5, 5.41) is 2.66. The summed E-state index contributed by atoms with van der Waals surface area (Å²) < 4.78 is 19.7. The fourth-order valence-electron chi connectivity index (χ4n) is 4.12. The van der Waals surface area contributed by atoms with E-state index >= 15 is 0 Å². The van der Waals surface area contributed by atoms with Gasteiger partial charge in [0.2, 0.25) is 0 Å². The van der Waals surface area contributed by atoms with E-state index in [1.165, 1.54) is 5.56 Å². The molecular weight excluding hydrogens is 389 g/mol. The van der Waals surface area contributed by atoms with Gasteiger partial charge < -0.3 is 9.32 Å². The quantitative estimate of drug-likeness (QED) is 0.467. The molecule has 1 aliphatic rings. The molecule has 0 amide bonds. The molecule has 3 heterocycles. The maximum absolute atomic E-state index is 14.1. The van der Waals surface area contributed by atoms with Crippen LogP contribution in [-0.2, 0) is 6.42 Å². The van der Waals surface area contributed by atoms with E-state index in [2.05, 4.69) is 14.8 Å². The zero-order chi connectivity index (χ0) is 19.8. The van der Waals surface area contributed by atoms with E-state index in [1.807, 2.05) is 36.6 Å². The Hall–Kier alpha value is -2.63. The third-order valence-corrected chi connectivity index (χ3v) is 5.91. The largest absolute Gasteiger partial charge is 0.464 e. The summed E-state index contributed by atoms with van der Waals surface area (Å²) >= 11 is 6.04. The Bertz CT molecular complexity index is 1170. The summed E-state index contributed by atoms with van der Waals surface area (Å²) in [6, 6.07) is 12.7. The number of hydrogen-bond acceptors (Lipinski definition) is 4. The topological polar surface area (TPSA) is 32.5 Å². The molecule has 0 saturated carbocycles. The molecular formula is C23H21ClFN3O. The van der Waals surface area contributed by atoms with Crippen molar-refractivity contribution in [1.82, 2.24) is 9.88 Å². The molecule has 148 valence electrons. The second-order valence-electron chi connectivity index (χ2n) is 7.48. The fraction of sp³-hybridized carbons (Fsp3) is 0.261. The lowest BCUT2D eigenvalue weighted by atomic mass is 10.1. The van der Waals surface area contributed by atoms with Gasteiger partial charge >= 0.3 is 0 Å². The highest BCUT2D eigenvalue weighted by molar-refractivity contribution is 6.31. The Morgan fingerprint density at radius 1 is 1.07 bits per heavy atom. The Balaban J connectivity index is 1.25. The van der Waals surface area contributed by atoms with E-state index in [4.69, 9.17) is 16.0 Å². The normalized spacial score (nSPS) is 15.4. The van der Waals surface area contributed by atoms with E-state index in [0.717, 1.165) is 66.7 Å². The summed E-state index contributed by atoms with van der Waals surface area (Å²) in [6.07, 6.45) is 4.53. The number of furan rings is 1. The SMILES string of the molecule is Fc1cc(N2CCN(CCc3coc4cc(Cl)ccc34)CC2)c2ncccc2c1. The van der Waals surface area contributed by atoms with Crippen molar-refractivity contribution in [3.63, 3.8) is 0 Å². The standard InChI is InChI=1S/C23H21ClFN3O/c24-18-3-4-20-17(15-29-22(20)13-18)5-7-27-8-10-28(11-9-27)21-14-19(25)12-16-2-1-6-26-23(16)21/h1-4,6,12-15H,5,7-11H2. The molecule has 29 heavy (non-hydrogen) atoms. The first-order valence-corrected chi connectivity index (χ1v) is 10.2. The number of benzene rings is 2. The van der Waals surface area contributed by atoms with Crippen LogP contribution >= 0.6 is 11.6 Å². The predicted molar refractivity (Wildman–Crippen MR) is 115 cm³/mol. The molecule has 0 aliphatic carbocycles. The zero-order valence-corrected chi connectivity index (χ0v) is 16.7. The lowest BCUT2D eigenvalue weighted by molar-refractivity contribution is 0.261. The monoisotopic (exact) mass is 409 g/mol. The molecule has 0 N–H and O–H groups in total. The summed E-state index contributed by atoms with van der Waals surface area (Å²) in [6.45, 7) is 4.56. The Labute approximate surface area is 173 Å². The Morgan fingerprint density at radius 3 is 2.79 bits per heavy atom. The minimum absolute atomic E-state index is 0.213. The van der Waals surface area contributed by atoms with Crippen molar-refractivity contribution in [3.8, 4) is 0 Å².